The van der Waals surface area contributed by atoms with Gasteiger partial charge in [0.15, 0.2) is 0 Å². The van der Waals surface area contributed by atoms with Crippen LogP contribution in [0.4, 0.5) is 4.39 Å². The quantitative estimate of drug-likeness (QED) is 0.866. The Bertz CT molecular complexity index is 352. The van der Waals surface area contributed by atoms with E-state index in [2.05, 4.69) is 0 Å². The average Bonchev–Trinajstić information content (AvgIpc) is 2.26. The molecule has 88 valence electrons. The summed E-state index contributed by atoms with van der Waals surface area (Å²) in [6.07, 6.45) is 1.38. The Hall–Kier alpha value is -0.640. The second-order valence-electron chi connectivity index (χ2n) is 4.19. The molecule has 2 atom stereocenters. The van der Waals surface area contributed by atoms with E-state index < -0.39 is 0 Å². The topological polar surface area (TPSA) is 35.2 Å². The molecular weight excluding hydrogens is 229 g/mol. The molecule has 0 amide bonds. The van der Waals surface area contributed by atoms with Gasteiger partial charge in [-0.1, -0.05) is 17.7 Å². The molecular formula is C12H15ClFNO. The van der Waals surface area contributed by atoms with Crippen molar-refractivity contribution < 1.29 is 9.13 Å². The molecule has 1 aromatic rings. The van der Waals surface area contributed by atoms with Gasteiger partial charge < -0.3 is 10.5 Å². The van der Waals surface area contributed by atoms with Gasteiger partial charge in [0.25, 0.3) is 0 Å². The molecule has 0 radical (unpaired) electrons. The summed E-state index contributed by atoms with van der Waals surface area (Å²) >= 11 is 5.97. The lowest BCUT2D eigenvalue weighted by Gasteiger charge is -2.29. The van der Waals surface area contributed by atoms with Crippen LogP contribution in [0.1, 0.15) is 12.0 Å². The zero-order valence-corrected chi connectivity index (χ0v) is 9.71. The van der Waals surface area contributed by atoms with Crippen molar-refractivity contribution in [2.45, 2.75) is 18.9 Å². The minimum atomic E-state index is -0.259. The number of halogens is 2. The van der Waals surface area contributed by atoms with Crippen LogP contribution in [0.15, 0.2) is 18.2 Å². The third-order valence-corrected chi connectivity index (χ3v) is 3.42. The fourth-order valence-electron chi connectivity index (χ4n) is 2.01. The van der Waals surface area contributed by atoms with Crippen LogP contribution in [-0.2, 0) is 11.2 Å². The van der Waals surface area contributed by atoms with Gasteiger partial charge in [-0.2, -0.15) is 0 Å². The minimum absolute atomic E-state index is 0.0735. The number of benzene rings is 1. The number of nitrogens with two attached hydrogens (primary N) is 1. The van der Waals surface area contributed by atoms with Crippen molar-refractivity contribution in [1.82, 2.24) is 0 Å². The van der Waals surface area contributed by atoms with Gasteiger partial charge in [-0.15, -0.1) is 0 Å². The predicted molar refractivity (Wildman–Crippen MR) is 62.0 cm³/mol. The Morgan fingerprint density at radius 1 is 1.50 bits per heavy atom. The summed E-state index contributed by atoms with van der Waals surface area (Å²) in [6.45, 7) is 1.29. The van der Waals surface area contributed by atoms with Crippen molar-refractivity contribution in [3.8, 4) is 0 Å². The van der Waals surface area contributed by atoms with E-state index in [-0.39, 0.29) is 17.8 Å². The van der Waals surface area contributed by atoms with Crippen molar-refractivity contribution in [1.29, 1.82) is 0 Å². The zero-order valence-electron chi connectivity index (χ0n) is 8.96. The maximum Gasteiger partial charge on any atom is 0.127 e. The monoisotopic (exact) mass is 243 g/mol. The minimum Gasteiger partial charge on any atom is -0.381 e. The standard InChI is InChI=1S/C12H15ClFNO/c13-10-2-1-3-11(14)9(10)6-8-7-16-5-4-12(8)15/h1-3,8,12H,4-7,15H2/t8-,12-/m0/s1. The Balaban J connectivity index is 2.13. The molecule has 0 aliphatic carbocycles. The van der Waals surface area contributed by atoms with Crippen LogP contribution in [0.2, 0.25) is 5.02 Å². The molecule has 16 heavy (non-hydrogen) atoms. The van der Waals surface area contributed by atoms with E-state index in [0.717, 1.165) is 6.42 Å². The highest BCUT2D eigenvalue weighted by Gasteiger charge is 2.24. The number of rotatable bonds is 2. The van der Waals surface area contributed by atoms with Gasteiger partial charge in [0.2, 0.25) is 0 Å². The first-order valence-corrected chi connectivity index (χ1v) is 5.82. The van der Waals surface area contributed by atoms with Crippen molar-refractivity contribution in [2.24, 2.45) is 11.7 Å². The normalized spacial score (nSPS) is 25.7. The Morgan fingerprint density at radius 2 is 2.31 bits per heavy atom. The summed E-state index contributed by atoms with van der Waals surface area (Å²) in [7, 11) is 0. The van der Waals surface area contributed by atoms with E-state index in [1.165, 1.54) is 6.07 Å². The lowest BCUT2D eigenvalue weighted by atomic mass is 9.90. The van der Waals surface area contributed by atoms with E-state index in [4.69, 9.17) is 22.1 Å². The van der Waals surface area contributed by atoms with Crippen LogP contribution in [0.3, 0.4) is 0 Å². The van der Waals surface area contributed by atoms with Crippen LogP contribution < -0.4 is 5.73 Å². The van der Waals surface area contributed by atoms with Crippen LogP contribution in [0.25, 0.3) is 0 Å². The summed E-state index contributed by atoms with van der Waals surface area (Å²) in [5.41, 5.74) is 6.53. The Labute approximate surface area is 99.5 Å². The second-order valence-corrected chi connectivity index (χ2v) is 4.60. The summed E-state index contributed by atoms with van der Waals surface area (Å²) in [4.78, 5) is 0. The third-order valence-electron chi connectivity index (χ3n) is 3.06. The Morgan fingerprint density at radius 3 is 3.00 bits per heavy atom. The van der Waals surface area contributed by atoms with Gasteiger partial charge in [-0.05, 0) is 25.0 Å². The summed E-state index contributed by atoms with van der Waals surface area (Å²) < 4.78 is 18.9. The molecule has 1 fully saturated rings. The Kier molecular flexibility index (Phi) is 3.79. The summed E-state index contributed by atoms with van der Waals surface area (Å²) in [6, 6.07) is 4.81. The van der Waals surface area contributed by atoms with Crippen molar-refractivity contribution in [2.75, 3.05) is 13.2 Å². The molecule has 0 aromatic heterocycles. The van der Waals surface area contributed by atoms with Crippen molar-refractivity contribution >= 4 is 11.6 Å². The van der Waals surface area contributed by atoms with Crippen molar-refractivity contribution in [3.05, 3.63) is 34.6 Å². The van der Waals surface area contributed by atoms with E-state index in [0.29, 0.717) is 30.2 Å². The second kappa shape index (κ2) is 5.13. The largest absolute Gasteiger partial charge is 0.381 e. The third kappa shape index (κ3) is 2.54. The van der Waals surface area contributed by atoms with E-state index in [9.17, 15) is 4.39 Å². The zero-order chi connectivity index (χ0) is 11.5. The molecule has 1 saturated heterocycles. The lowest BCUT2D eigenvalue weighted by Crippen LogP contribution is -2.39. The average molecular weight is 244 g/mol. The first kappa shape index (κ1) is 11.8. The maximum atomic E-state index is 13.6. The lowest BCUT2D eigenvalue weighted by molar-refractivity contribution is 0.0420. The number of hydrogen-bond acceptors (Lipinski definition) is 2. The molecule has 1 aliphatic heterocycles. The SMILES string of the molecule is N[C@H]1CCOC[C@@H]1Cc1c(F)cccc1Cl. The van der Waals surface area contributed by atoms with Gasteiger partial charge in [0.05, 0.1) is 6.61 Å². The smallest absolute Gasteiger partial charge is 0.127 e. The first-order valence-electron chi connectivity index (χ1n) is 5.44. The fourth-order valence-corrected chi connectivity index (χ4v) is 2.25. The predicted octanol–water partition coefficient (Wildman–Crippen LogP) is 2.39. The fraction of sp³-hybridized carbons (Fsp3) is 0.500. The molecule has 0 saturated carbocycles. The summed E-state index contributed by atoms with van der Waals surface area (Å²) in [5, 5.41) is 0.470. The van der Waals surface area contributed by atoms with Gasteiger partial charge in [-0.25, -0.2) is 4.39 Å². The summed E-state index contributed by atoms with van der Waals surface area (Å²) in [5.74, 6) is -0.103. The molecule has 2 N–H and O–H groups in total. The van der Waals surface area contributed by atoms with E-state index in [1.54, 1.807) is 12.1 Å². The van der Waals surface area contributed by atoms with Gasteiger partial charge in [0, 0.05) is 29.2 Å². The number of ether oxygens (including phenoxy) is 1. The molecule has 2 rings (SSSR count). The van der Waals surface area contributed by atoms with Crippen LogP contribution in [0.5, 0.6) is 0 Å². The van der Waals surface area contributed by atoms with Crippen LogP contribution in [0, 0.1) is 11.7 Å². The first-order chi connectivity index (χ1) is 7.68. The molecule has 0 bridgehead atoms. The van der Waals surface area contributed by atoms with Gasteiger partial charge >= 0.3 is 0 Å². The maximum absolute atomic E-state index is 13.6. The molecule has 0 spiro atoms. The number of hydrogen-bond donors (Lipinski definition) is 1. The molecule has 1 aromatic carbocycles. The van der Waals surface area contributed by atoms with Crippen LogP contribution >= 0.6 is 11.6 Å². The van der Waals surface area contributed by atoms with Crippen LogP contribution in [-0.4, -0.2) is 19.3 Å². The molecule has 0 unspecified atom stereocenters. The molecule has 2 nitrogen and oxygen atoms in total. The molecule has 1 heterocycles. The highest BCUT2D eigenvalue weighted by molar-refractivity contribution is 6.31. The molecule has 4 heteroatoms. The highest BCUT2D eigenvalue weighted by atomic mass is 35.5. The highest BCUT2D eigenvalue weighted by Crippen LogP contribution is 2.25. The van der Waals surface area contributed by atoms with Gasteiger partial charge in [0.1, 0.15) is 5.82 Å². The van der Waals surface area contributed by atoms with E-state index >= 15 is 0 Å². The van der Waals surface area contributed by atoms with Crippen molar-refractivity contribution in [3.63, 3.8) is 0 Å². The van der Waals surface area contributed by atoms with Gasteiger partial charge in [-0.3, -0.25) is 0 Å². The molecule has 1 aliphatic rings. The van der Waals surface area contributed by atoms with E-state index in [1.807, 2.05) is 0 Å².